The maximum Gasteiger partial charge on any atom is 0.195 e. The average Bonchev–Trinajstić information content (AvgIpc) is 2.63. The Kier molecular flexibility index (Phi) is 1.99. The predicted molar refractivity (Wildman–Crippen MR) is 55.3 cm³/mol. The number of H-pyrrole nitrogens is 1. The molecular weight excluding hydrogens is 198 g/mol. The minimum atomic E-state index is 0.614. The van der Waals surface area contributed by atoms with E-state index in [1.54, 1.807) is 6.20 Å². The number of aromatic nitrogens is 5. The van der Waals surface area contributed by atoms with Gasteiger partial charge in [-0.25, -0.2) is 0 Å². The monoisotopic (exact) mass is 209 g/mol. The molecule has 0 spiro atoms. The number of nitrogens with one attached hydrogen (secondary N) is 1. The summed E-state index contributed by atoms with van der Waals surface area (Å²) in [6.45, 7) is 2.00. The van der Waals surface area contributed by atoms with Crippen molar-refractivity contribution in [3.63, 3.8) is 0 Å². The minimum absolute atomic E-state index is 0.614. The molecule has 0 saturated heterocycles. The van der Waals surface area contributed by atoms with E-state index in [-0.39, 0.29) is 0 Å². The Hall–Kier alpha value is -1.43. The molecule has 74 valence electrons. The quantitative estimate of drug-likeness (QED) is 0.718. The van der Waals surface area contributed by atoms with Gasteiger partial charge in [-0.2, -0.15) is 10.2 Å². The van der Waals surface area contributed by atoms with Crippen molar-refractivity contribution in [3.05, 3.63) is 16.7 Å². The van der Waals surface area contributed by atoms with Crippen LogP contribution in [0.25, 0.3) is 11.4 Å². The van der Waals surface area contributed by atoms with Gasteiger partial charge < -0.3 is 4.57 Å². The zero-order valence-electron chi connectivity index (χ0n) is 8.27. The van der Waals surface area contributed by atoms with Crippen molar-refractivity contribution in [2.75, 3.05) is 0 Å². The van der Waals surface area contributed by atoms with Crippen LogP contribution in [0.4, 0.5) is 0 Å². The van der Waals surface area contributed by atoms with Crippen LogP contribution >= 0.6 is 12.2 Å². The van der Waals surface area contributed by atoms with Crippen LogP contribution in [-0.2, 0) is 14.1 Å². The van der Waals surface area contributed by atoms with Gasteiger partial charge in [0.1, 0.15) is 0 Å². The summed E-state index contributed by atoms with van der Waals surface area (Å²) in [5.41, 5.74) is 2.07. The van der Waals surface area contributed by atoms with Gasteiger partial charge in [-0.1, -0.05) is 0 Å². The van der Waals surface area contributed by atoms with Gasteiger partial charge in [0.15, 0.2) is 10.6 Å². The molecule has 0 unspecified atom stereocenters. The third-order valence-corrected chi connectivity index (χ3v) is 2.72. The van der Waals surface area contributed by atoms with Crippen LogP contribution in [-0.4, -0.2) is 24.5 Å². The smallest absolute Gasteiger partial charge is 0.195 e. The van der Waals surface area contributed by atoms with E-state index >= 15 is 0 Å². The first kappa shape index (κ1) is 9.14. The molecule has 2 aromatic rings. The third-order valence-electron chi connectivity index (χ3n) is 2.36. The van der Waals surface area contributed by atoms with Crippen molar-refractivity contribution < 1.29 is 0 Å². The molecule has 2 rings (SSSR count). The van der Waals surface area contributed by atoms with Gasteiger partial charge in [-0.05, 0) is 19.1 Å². The highest BCUT2D eigenvalue weighted by atomic mass is 32.1. The van der Waals surface area contributed by atoms with Gasteiger partial charge in [0.2, 0.25) is 0 Å². The predicted octanol–water partition coefficient (Wildman–Crippen LogP) is 1.19. The number of aromatic amines is 1. The van der Waals surface area contributed by atoms with Crippen molar-refractivity contribution in [2.24, 2.45) is 14.1 Å². The number of rotatable bonds is 1. The second kappa shape index (κ2) is 3.06. The Bertz CT molecular complexity index is 518. The number of hydrogen-bond acceptors (Lipinski definition) is 3. The van der Waals surface area contributed by atoms with Gasteiger partial charge in [-0.15, -0.1) is 0 Å². The second-order valence-electron chi connectivity index (χ2n) is 3.18. The lowest BCUT2D eigenvalue weighted by Gasteiger charge is -1.99. The fourth-order valence-electron chi connectivity index (χ4n) is 1.31. The maximum absolute atomic E-state index is 5.04. The van der Waals surface area contributed by atoms with E-state index in [4.69, 9.17) is 12.2 Å². The molecule has 5 nitrogen and oxygen atoms in total. The van der Waals surface area contributed by atoms with Crippen LogP contribution < -0.4 is 0 Å². The lowest BCUT2D eigenvalue weighted by molar-refractivity contribution is 0.740. The molecule has 0 aliphatic heterocycles. The van der Waals surface area contributed by atoms with E-state index in [2.05, 4.69) is 15.3 Å². The zero-order valence-corrected chi connectivity index (χ0v) is 9.09. The molecule has 0 atom stereocenters. The number of aryl methyl sites for hydroxylation is 1. The van der Waals surface area contributed by atoms with E-state index in [9.17, 15) is 0 Å². The molecule has 0 radical (unpaired) electrons. The molecule has 14 heavy (non-hydrogen) atoms. The first-order valence-corrected chi connectivity index (χ1v) is 4.62. The molecule has 0 aromatic carbocycles. The normalized spacial score (nSPS) is 10.8. The summed E-state index contributed by atoms with van der Waals surface area (Å²) < 4.78 is 4.26. The van der Waals surface area contributed by atoms with Crippen LogP contribution in [0.3, 0.4) is 0 Å². The van der Waals surface area contributed by atoms with Gasteiger partial charge in [0.25, 0.3) is 0 Å². The first-order chi connectivity index (χ1) is 6.61. The summed E-state index contributed by atoms with van der Waals surface area (Å²) in [6, 6.07) is 0. The van der Waals surface area contributed by atoms with Gasteiger partial charge in [0.05, 0.1) is 11.8 Å². The fourth-order valence-corrected chi connectivity index (χ4v) is 1.44. The molecular formula is C8H11N5S. The molecule has 2 heterocycles. The van der Waals surface area contributed by atoms with Crippen LogP contribution in [0.5, 0.6) is 0 Å². The van der Waals surface area contributed by atoms with E-state index < -0.39 is 0 Å². The first-order valence-electron chi connectivity index (χ1n) is 4.21. The summed E-state index contributed by atoms with van der Waals surface area (Å²) in [4.78, 5) is 0. The Morgan fingerprint density at radius 1 is 1.43 bits per heavy atom. The molecule has 1 N–H and O–H groups in total. The van der Waals surface area contributed by atoms with Crippen molar-refractivity contribution in [2.45, 2.75) is 6.92 Å². The van der Waals surface area contributed by atoms with E-state index in [0.29, 0.717) is 4.77 Å². The molecule has 0 amide bonds. The summed E-state index contributed by atoms with van der Waals surface area (Å²) in [5, 5.41) is 11.1. The maximum atomic E-state index is 5.04. The van der Waals surface area contributed by atoms with Crippen molar-refractivity contribution in [3.8, 4) is 11.4 Å². The lowest BCUT2D eigenvalue weighted by Crippen LogP contribution is -1.96. The summed E-state index contributed by atoms with van der Waals surface area (Å²) in [5.74, 6) is 0.820. The molecule has 0 saturated carbocycles. The topological polar surface area (TPSA) is 51.4 Å². The number of hydrogen-bond donors (Lipinski definition) is 1. The highest BCUT2D eigenvalue weighted by Crippen LogP contribution is 2.19. The minimum Gasteiger partial charge on any atom is -0.303 e. The number of nitrogens with zero attached hydrogens (tertiary/aromatic N) is 4. The molecule has 6 heteroatoms. The molecule has 0 fully saturated rings. The summed E-state index contributed by atoms with van der Waals surface area (Å²) in [7, 11) is 3.79. The van der Waals surface area contributed by atoms with Gasteiger partial charge in [0, 0.05) is 19.8 Å². The second-order valence-corrected chi connectivity index (χ2v) is 3.57. The van der Waals surface area contributed by atoms with Crippen LogP contribution in [0.15, 0.2) is 6.20 Å². The van der Waals surface area contributed by atoms with E-state index in [0.717, 1.165) is 17.1 Å². The van der Waals surface area contributed by atoms with E-state index in [1.807, 2.05) is 30.3 Å². The largest absolute Gasteiger partial charge is 0.303 e. The molecule has 2 aromatic heterocycles. The van der Waals surface area contributed by atoms with Crippen molar-refractivity contribution in [1.29, 1.82) is 0 Å². The van der Waals surface area contributed by atoms with Crippen molar-refractivity contribution in [1.82, 2.24) is 24.5 Å². The fraction of sp³-hybridized carbons (Fsp3) is 0.375. The zero-order chi connectivity index (χ0) is 10.3. The van der Waals surface area contributed by atoms with Crippen molar-refractivity contribution >= 4 is 12.2 Å². The Morgan fingerprint density at radius 2 is 2.14 bits per heavy atom. The molecule has 0 bridgehead atoms. The Labute approximate surface area is 86.4 Å². The Morgan fingerprint density at radius 3 is 2.57 bits per heavy atom. The standard InChI is InChI=1S/C8H11N5S/c1-5-6(4-9-13(5)3)7-10-11-8(14)12(7)2/h4H,1-3H3,(H,11,14). The van der Waals surface area contributed by atoms with Crippen LogP contribution in [0.1, 0.15) is 5.69 Å². The lowest BCUT2D eigenvalue weighted by atomic mass is 10.2. The van der Waals surface area contributed by atoms with Gasteiger partial charge >= 0.3 is 0 Å². The highest BCUT2D eigenvalue weighted by molar-refractivity contribution is 7.71. The van der Waals surface area contributed by atoms with Crippen LogP contribution in [0, 0.1) is 11.7 Å². The molecule has 0 aliphatic rings. The van der Waals surface area contributed by atoms with Gasteiger partial charge in [-0.3, -0.25) is 9.78 Å². The van der Waals surface area contributed by atoms with Crippen LogP contribution in [0.2, 0.25) is 0 Å². The summed E-state index contributed by atoms with van der Waals surface area (Å²) >= 11 is 5.04. The third kappa shape index (κ3) is 1.19. The SMILES string of the molecule is Cc1c(-c2n[nH]c(=S)n2C)cnn1C. The Balaban J connectivity index is 2.66. The highest BCUT2D eigenvalue weighted by Gasteiger charge is 2.11. The van der Waals surface area contributed by atoms with E-state index in [1.165, 1.54) is 0 Å². The molecule has 0 aliphatic carbocycles. The summed E-state index contributed by atoms with van der Waals surface area (Å²) in [6.07, 6.45) is 1.79. The average molecular weight is 209 g/mol.